The maximum Gasteiger partial charge on any atom is 0.419 e. The zero-order chi connectivity index (χ0) is 11.4. The Labute approximate surface area is 90.4 Å². The lowest BCUT2D eigenvalue weighted by atomic mass is 9.99. The largest absolute Gasteiger partial charge is 0.419 e. The third kappa shape index (κ3) is 2.22. The summed E-state index contributed by atoms with van der Waals surface area (Å²) in [4.78, 5) is 11.2. The van der Waals surface area contributed by atoms with Crippen molar-refractivity contribution in [2.75, 3.05) is 0 Å². The summed E-state index contributed by atoms with van der Waals surface area (Å²) >= 11 is 0. The number of aromatic nitrogens is 1. The zero-order valence-electron chi connectivity index (χ0n) is 9.96. The van der Waals surface area contributed by atoms with Gasteiger partial charge in [0.25, 0.3) is 0 Å². The summed E-state index contributed by atoms with van der Waals surface area (Å²) in [7, 11) is 1.75. The number of oxazole rings is 1. The summed E-state index contributed by atoms with van der Waals surface area (Å²) in [6, 6.07) is 0. The Morgan fingerprint density at radius 1 is 1.40 bits per heavy atom. The van der Waals surface area contributed by atoms with Gasteiger partial charge in [-0.1, -0.05) is 26.3 Å². The van der Waals surface area contributed by atoms with Crippen molar-refractivity contribution in [2.24, 2.45) is 7.05 Å². The molecular formula is C12H19NO2. The Balaban J connectivity index is 0.000000531. The van der Waals surface area contributed by atoms with Crippen LogP contribution < -0.4 is 5.76 Å². The predicted molar refractivity (Wildman–Crippen MR) is 61.9 cm³/mol. The third-order valence-corrected chi connectivity index (χ3v) is 2.60. The first kappa shape index (κ1) is 11.8. The van der Waals surface area contributed by atoms with Crippen molar-refractivity contribution < 1.29 is 4.42 Å². The minimum Gasteiger partial charge on any atom is -0.412 e. The first-order chi connectivity index (χ1) is 7.22. The summed E-state index contributed by atoms with van der Waals surface area (Å²) in [6.07, 6.45) is 5.02. The molecule has 1 aliphatic rings. The molecule has 0 amide bonds. The van der Waals surface area contributed by atoms with Gasteiger partial charge >= 0.3 is 5.76 Å². The minimum atomic E-state index is -0.251. The zero-order valence-corrected chi connectivity index (χ0v) is 9.96. The molecule has 0 bridgehead atoms. The van der Waals surface area contributed by atoms with E-state index in [9.17, 15) is 4.79 Å². The van der Waals surface area contributed by atoms with Gasteiger partial charge in [0.15, 0.2) is 0 Å². The van der Waals surface area contributed by atoms with Crippen molar-refractivity contribution >= 4 is 6.08 Å². The quantitative estimate of drug-likeness (QED) is 0.712. The highest BCUT2D eigenvalue weighted by Gasteiger charge is 2.16. The second kappa shape index (κ2) is 5.01. The molecule has 1 aromatic heterocycles. The average molecular weight is 209 g/mol. The van der Waals surface area contributed by atoms with E-state index >= 15 is 0 Å². The molecule has 1 aliphatic carbocycles. The van der Waals surface area contributed by atoms with Crippen molar-refractivity contribution in [3.05, 3.63) is 27.6 Å². The Morgan fingerprint density at radius 2 is 2.07 bits per heavy atom. The molecule has 3 heteroatoms. The molecule has 0 aromatic carbocycles. The van der Waals surface area contributed by atoms with Crippen molar-refractivity contribution in [3.8, 4) is 0 Å². The number of allylic oxidation sites excluding steroid dienone is 1. The molecule has 0 atom stereocenters. The lowest BCUT2D eigenvalue weighted by molar-refractivity contribution is 0.454. The van der Waals surface area contributed by atoms with E-state index in [2.05, 4.69) is 13.0 Å². The summed E-state index contributed by atoms with van der Waals surface area (Å²) < 4.78 is 6.67. The molecule has 0 aliphatic heterocycles. The molecule has 84 valence electrons. The summed E-state index contributed by atoms with van der Waals surface area (Å²) in [5.74, 6) is 0.586. The molecule has 0 saturated heterocycles. The van der Waals surface area contributed by atoms with Gasteiger partial charge in [0.05, 0.1) is 5.69 Å². The topological polar surface area (TPSA) is 35.1 Å². The smallest absolute Gasteiger partial charge is 0.412 e. The normalized spacial score (nSPS) is 13.7. The molecule has 0 saturated carbocycles. The third-order valence-electron chi connectivity index (χ3n) is 2.60. The van der Waals surface area contributed by atoms with E-state index in [1.165, 1.54) is 5.57 Å². The fourth-order valence-corrected chi connectivity index (χ4v) is 1.69. The molecule has 0 spiro atoms. The van der Waals surface area contributed by atoms with Crippen molar-refractivity contribution in [2.45, 2.75) is 40.0 Å². The first-order valence-corrected chi connectivity index (χ1v) is 5.60. The van der Waals surface area contributed by atoms with E-state index < -0.39 is 0 Å². The van der Waals surface area contributed by atoms with Gasteiger partial charge in [0.2, 0.25) is 0 Å². The summed E-state index contributed by atoms with van der Waals surface area (Å²) in [5.41, 5.74) is 2.34. The van der Waals surface area contributed by atoms with Crippen molar-refractivity contribution in [3.63, 3.8) is 0 Å². The van der Waals surface area contributed by atoms with Gasteiger partial charge in [0, 0.05) is 13.5 Å². The lowest BCUT2D eigenvalue weighted by Crippen LogP contribution is -2.10. The number of hydrogen-bond acceptors (Lipinski definition) is 2. The van der Waals surface area contributed by atoms with Gasteiger partial charge in [-0.15, -0.1) is 0 Å². The fourth-order valence-electron chi connectivity index (χ4n) is 1.69. The molecule has 0 radical (unpaired) electrons. The molecule has 3 nitrogen and oxygen atoms in total. The SMILES string of the molecule is CC.CCC1=Cc2c(oc(=O)n2C)CC1. The van der Waals surface area contributed by atoms with Gasteiger partial charge in [-0.25, -0.2) is 4.79 Å². The number of nitrogens with zero attached hydrogens (tertiary/aromatic N) is 1. The average Bonchev–Trinajstić information content (AvgIpc) is 2.57. The first-order valence-electron chi connectivity index (χ1n) is 5.60. The maximum absolute atomic E-state index is 11.2. The van der Waals surface area contributed by atoms with E-state index in [4.69, 9.17) is 4.42 Å². The predicted octanol–water partition coefficient (Wildman–Crippen LogP) is 2.74. The summed E-state index contributed by atoms with van der Waals surface area (Å²) in [5, 5.41) is 0. The van der Waals surface area contributed by atoms with E-state index in [1.807, 2.05) is 13.8 Å². The highest BCUT2D eigenvalue weighted by atomic mass is 16.4. The monoisotopic (exact) mass is 209 g/mol. The highest BCUT2D eigenvalue weighted by molar-refractivity contribution is 5.53. The molecule has 1 aromatic rings. The molecule has 0 unspecified atom stereocenters. The Kier molecular flexibility index (Phi) is 3.95. The number of fused-ring (bicyclic) bond motifs is 1. The van der Waals surface area contributed by atoms with Crippen LogP contribution in [-0.4, -0.2) is 4.57 Å². The van der Waals surface area contributed by atoms with E-state index in [-0.39, 0.29) is 5.76 Å². The van der Waals surface area contributed by atoms with Gasteiger partial charge in [-0.05, 0) is 18.9 Å². The van der Waals surface area contributed by atoms with Crippen molar-refractivity contribution in [1.82, 2.24) is 4.57 Å². The number of hydrogen-bond donors (Lipinski definition) is 0. The minimum absolute atomic E-state index is 0.251. The molecule has 0 fully saturated rings. The fraction of sp³-hybridized carbons (Fsp3) is 0.583. The van der Waals surface area contributed by atoms with Gasteiger partial charge < -0.3 is 4.42 Å². The molecular weight excluding hydrogens is 190 g/mol. The molecule has 2 rings (SSSR count). The number of aryl methyl sites for hydroxylation is 1. The Bertz CT molecular complexity index is 410. The van der Waals surface area contributed by atoms with Crippen LogP contribution in [0, 0.1) is 0 Å². The Morgan fingerprint density at radius 3 is 2.67 bits per heavy atom. The lowest BCUT2D eigenvalue weighted by Gasteiger charge is -2.10. The van der Waals surface area contributed by atoms with Crippen LogP contribution in [0.15, 0.2) is 14.8 Å². The van der Waals surface area contributed by atoms with E-state index in [0.29, 0.717) is 0 Å². The van der Waals surface area contributed by atoms with Crippen molar-refractivity contribution in [1.29, 1.82) is 0 Å². The van der Waals surface area contributed by atoms with Crippen LogP contribution in [0.3, 0.4) is 0 Å². The van der Waals surface area contributed by atoms with Crippen LogP contribution in [0.25, 0.3) is 6.08 Å². The van der Waals surface area contributed by atoms with E-state index in [1.54, 1.807) is 11.6 Å². The van der Waals surface area contributed by atoms with Crippen LogP contribution in [0.2, 0.25) is 0 Å². The molecule has 1 heterocycles. The van der Waals surface area contributed by atoms with Gasteiger partial charge in [-0.3, -0.25) is 4.57 Å². The van der Waals surface area contributed by atoms with Gasteiger partial charge in [-0.2, -0.15) is 0 Å². The summed E-state index contributed by atoms with van der Waals surface area (Å²) in [6.45, 7) is 6.13. The highest BCUT2D eigenvalue weighted by Crippen LogP contribution is 2.24. The van der Waals surface area contributed by atoms with Gasteiger partial charge in [0.1, 0.15) is 5.76 Å². The number of rotatable bonds is 1. The van der Waals surface area contributed by atoms with E-state index in [0.717, 1.165) is 30.7 Å². The Hall–Kier alpha value is -1.25. The molecule has 0 N–H and O–H groups in total. The van der Waals surface area contributed by atoms with Crippen LogP contribution >= 0.6 is 0 Å². The maximum atomic E-state index is 11.2. The van der Waals surface area contributed by atoms with Crippen LogP contribution in [0.5, 0.6) is 0 Å². The van der Waals surface area contributed by atoms with Crippen LogP contribution in [-0.2, 0) is 13.5 Å². The second-order valence-electron chi connectivity index (χ2n) is 3.39. The molecule has 15 heavy (non-hydrogen) atoms. The van der Waals surface area contributed by atoms with Crippen LogP contribution in [0.4, 0.5) is 0 Å². The van der Waals surface area contributed by atoms with Crippen LogP contribution in [0.1, 0.15) is 45.1 Å². The second-order valence-corrected chi connectivity index (χ2v) is 3.39. The standard InChI is InChI=1S/C10H13NO2.C2H6/c1-3-7-4-5-9-8(6-7)11(2)10(12)13-9;1-2/h6H,3-5H2,1-2H3;1-2H3.